The third-order valence-electron chi connectivity index (χ3n) is 3.82. The first-order valence-electron chi connectivity index (χ1n) is 6.71. The molecule has 108 valence electrons. The molecule has 2 heterocycles. The minimum Gasteiger partial charge on any atom is -0.380 e. The number of benzene rings is 1. The van der Waals surface area contributed by atoms with Crippen LogP contribution >= 0.6 is 15.9 Å². The molecule has 1 aromatic heterocycles. The van der Waals surface area contributed by atoms with E-state index in [0.717, 1.165) is 29.0 Å². The number of methoxy groups -OCH3 is 1. The Morgan fingerprint density at radius 1 is 1.52 bits per heavy atom. The number of hydrogen-bond acceptors (Lipinski definition) is 4. The summed E-state index contributed by atoms with van der Waals surface area (Å²) in [5, 5.41) is 8.98. The van der Waals surface area contributed by atoms with Crippen LogP contribution < -0.4 is 4.90 Å². The lowest BCUT2D eigenvalue weighted by atomic mass is 10.1. The van der Waals surface area contributed by atoms with Gasteiger partial charge in [0.25, 0.3) is 0 Å². The highest BCUT2D eigenvalue weighted by atomic mass is 79.9. The third-order valence-corrected chi connectivity index (χ3v) is 4.45. The van der Waals surface area contributed by atoms with Crippen molar-refractivity contribution in [1.82, 2.24) is 9.97 Å². The number of nitriles is 1. The van der Waals surface area contributed by atoms with Crippen LogP contribution in [0.5, 0.6) is 0 Å². The molecule has 1 saturated heterocycles. The predicted octanol–water partition coefficient (Wildman–Crippen LogP) is 3.01. The average Bonchev–Trinajstić information content (AvgIpc) is 3.15. The van der Waals surface area contributed by atoms with Crippen LogP contribution in [0.2, 0.25) is 0 Å². The number of nitrogens with one attached hydrogen (secondary N) is 1. The predicted molar refractivity (Wildman–Crippen MR) is 82.9 cm³/mol. The number of aromatic amines is 1. The molecule has 0 bridgehead atoms. The summed E-state index contributed by atoms with van der Waals surface area (Å²) in [5.41, 5.74) is 1.69. The van der Waals surface area contributed by atoms with Crippen molar-refractivity contribution in [2.24, 2.45) is 0 Å². The van der Waals surface area contributed by atoms with Crippen LogP contribution in [0.4, 0.5) is 5.69 Å². The summed E-state index contributed by atoms with van der Waals surface area (Å²) < 4.78 is 6.44. The number of aromatic nitrogens is 2. The second-order valence-corrected chi connectivity index (χ2v) is 5.87. The maximum absolute atomic E-state index is 8.98. The van der Waals surface area contributed by atoms with Crippen molar-refractivity contribution < 1.29 is 4.74 Å². The first-order chi connectivity index (χ1) is 10.2. The molecule has 5 nitrogen and oxygen atoms in total. The smallest absolute Gasteiger partial charge is 0.128 e. The molecule has 1 aliphatic heterocycles. The van der Waals surface area contributed by atoms with Crippen molar-refractivity contribution in [3.63, 3.8) is 0 Å². The summed E-state index contributed by atoms with van der Waals surface area (Å²) in [4.78, 5) is 9.84. The van der Waals surface area contributed by atoms with E-state index in [2.05, 4.69) is 36.9 Å². The van der Waals surface area contributed by atoms with Crippen LogP contribution in [0.15, 0.2) is 35.1 Å². The van der Waals surface area contributed by atoms with Crippen molar-refractivity contribution >= 4 is 21.6 Å². The number of ether oxygens (including phenoxy) is 1. The Kier molecular flexibility index (Phi) is 3.95. The standard InChI is InChI=1S/C15H15BrN4O/c1-21-11-7-14(15-18-4-5-19-15)20(9-11)13-3-2-10(8-17)6-12(13)16/h2-6,11,14H,7,9H2,1H3,(H,18,19)/t11-,14?/m1/s1. The molecule has 1 aromatic carbocycles. The second-order valence-electron chi connectivity index (χ2n) is 5.01. The highest BCUT2D eigenvalue weighted by molar-refractivity contribution is 9.10. The first kappa shape index (κ1) is 14.1. The normalized spacial score (nSPS) is 21.5. The van der Waals surface area contributed by atoms with Crippen LogP contribution in [0.25, 0.3) is 0 Å². The first-order valence-corrected chi connectivity index (χ1v) is 7.50. The van der Waals surface area contributed by atoms with E-state index >= 15 is 0 Å². The largest absolute Gasteiger partial charge is 0.380 e. The Morgan fingerprint density at radius 2 is 2.38 bits per heavy atom. The van der Waals surface area contributed by atoms with E-state index in [0.29, 0.717) is 5.56 Å². The Bertz CT molecular complexity index is 665. The van der Waals surface area contributed by atoms with E-state index in [1.54, 1.807) is 13.3 Å². The molecule has 0 spiro atoms. The Labute approximate surface area is 131 Å². The molecule has 2 aromatic rings. The Morgan fingerprint density at radius 3 is 3.00 bits per heavy atom. The zero-order chi connectivity index (χ0) is 14.8. The molecular formula is C15H15BrN4O. The van der Waals surface area contributed by atoms with Crippen LogP contribution in [0.3, 0.4) is 0 Å². The second kappa shape index (κ2) is 5.88. The number of rotatable bonds is 3. The molecule has 0 radical (unpaired) electrons. The molecule has 1 fully saturated rings. The number of hydrogen-bond donors (Lipinski definition) is 1. The van der Waals surface area contributed by atoms with Gasteiger partial charge in [0.15, 0.2) is 0 Å². The topological polar surface area (TPSA) is 64.9 Å². The average molecular weight is 347 g/mol. The van der Waals surface area contributed by atoms with Gasteiger partial charge in [-0.2, -0.15) is 5.26 Å². The van der Waals surface area contributed by atoms with Gasteiger partial charge in [0.2, 0.25) is 0 Å². The quantitative estimate of drug-likeness (QED) is 0.927. The summed E-state index contributed by atoms with van der Waals surface area (Å²) in [6.07, 6.45) is 4.65. The van der Waals surface area contributed by atoms with Crippen molar-refractivity contribution in [2.45, 2.75) is 18.6 Å². The minimum atomic E-state index is 0.147. The Hall–Kier alpha value is -1.84. The summed E-state index contributed by atoms with van der Waals surface area (Å²) in [6.45, 7) is 0.798. The number of anilines is 1. The molecule has 6 heteroatoms. The summed E-state index contributed by atoms with van der Waals surface area (Å²) >= 11 is 3.57. The molecule has 2 atom stereocenters. The molecule has 21 heavy (non-hydrogen) atoms. The van der Waals surface area contributed by atoms with E-state index in [-0.39, 0.29) is 12.1 Å². The molecule has 1 aliphatic rings. The number of imidazole rings is 1. The monoisotopic (exact) mass is 346 g/mol. The van der Waals surface area contributed by atoms with Crippen LogP contribution in [-0.2, 0) is 4.74 Å². The molecule has 3 rings (SSSR count). The highest BCUT2D eigenvalue weighted by Crippen LogP contribution is 2.39. The van der Waals surface area contributed by atoms with Crippen LogP contribution in [-0.4, -0.2) is 29.7 Å². The van der Waals surface area contributed by atoms with Gasteiger partial charge < -0.3 is 14.6 Å². The fourth-order valence-electron chi connectivity index (χ4n) is 2.76. The summed E-state index contributed by atoms with van der Waals surface area (Å²) in [7, 11) is 1.74. The van der Waals surface area contributed by atoms with E-state index in [1.165, 1.54) is 0 Å². The van der Waals surface area contributed by atoms with Gasteiger partial charge in [-0.15, -0.1) is 0 Å². The van der Waals surface area contributed by atoms with Gasteiger partial charge in [0, 0.05) is 36.9 Å². The van der Waals surface area contributed by atoms with E-state index < -0.39 is 0 Å². The molecule has 0 saturated carbocycles. The van der Waals surface area contributed by atoms with Gasteiger partial charge in [0.1, 0.15) is 5.82 Å². The maximum Gasteiger partial charge on any atom is 0.128 e. The van der Waals surface area contributed by atoms with E-state index in [1.807, 2.05) is 24.4 Å². The van der Waals surface area contributed by atoms with Crippen molar-refractivity contribution in [1.29, 1.82) is 5.26 Å². The molecule has 0 amide bonds. The Balaban J connectivity index is 1.97. The fraction of sp³-hybridized carbons (Fsp3) is 0.333. The fourth-order valence-corrected chi connectivity index (χ4v) is 3.37. The molecule has 0 aliphatic carbocycles. The number of H-pyrrole nitrogens is 1. The number of nitrogens with zero attached hydrogens (tertiary/aromatic N) is 3. The van der Waals surface area contributed by atoms with E-state index in [9.17, 15) is 0 Å². The van der Waals surface area contributed by atoms with Crippen molar-refractivity contribution in [2.75, 3.05) is 18.6 Å². The van der Waals surface area contributed by atoms with Gasteiger partial charge in [0.05, 0.1) is 29.5 Å². The lowest BCUT2D eigenvalue weighted by Gasteiger charge is -2.26. The number of halogens is 1. The lowest BCUT2D eigenvalue weighted by molar-refractivity contribution is 0.118. The van der Waals surface area contributed by atoms with E-state index in [4.69, 9.17) is 10.00 Å². The zero-order valence-corrected chi connectivity index (χ0v) is 13.2. The lowest BCUT2D eigenvalue weighted by Crippen LogP contribution is -2.25. The molecular weight excluding hydrogens is 332 g/mol. The molecule has 1 N–H and O–H groups in total. The van der Waals surface area contributed by atoms with Gasteiger partial charge in [-0.05, 0) is 34.1 Å². The van der Waals surface area contributed by atoms with Gasteiger partial charge in [-0.1, -0.05) is 0 Å². The van der Waals surface area contributed by atoms with Gasteiger partial charge in [-0.25, -0.2) is 4.98 Å². The molecule has 1 unspecified atom stereocenters. The summed E-state index contributed by atoms with van der Waals surface area (Å²) in [6, 6.07) is 7.94. The van der Waals surface area contributed by atoms with Gasteiger partial charge >= 0.3 is 0 Å². The van der Waals surface area contributed by atoms with Gasteiger partial charge in [-0.3, -0.25) is 0 Å². The summed E-state index contributed by atoms with van der Waals surface area (Å²) in [5.74, 6) is 0.936. The third kappa shape index (κ3) is 2.67. The highest BCUT2D eigenvalue weighted by Gasteiger charge is 2.35. The minimum absolute atomic E-state index is 0.147. The van der Waals surface area contributed by atoms with Crippen LogP contribution in [0, 0.1) is 11.3 Å². The van der Waals surface area contributed by atoms with Crippen molar-refractivity contribution in [3.8, 4) is 6.07 Å². The SMILES string of the molecule is CO[C@@H]1CC(c2ncc[nH]2)N(c2ccc(C#N)cc2Br)C1. The van der Waals surface area contributed by atoms with Crippen LogP contribution in [0.1, 0.15) is 23.9 Å². The van der Waals surface area contributed by atoms with Crippen molar-refractivity contribution in [3.05, 3.63) is 46.5 Å². The maximum atomic E-state index is 8.98. The zero-order valence-electron chi connectivity index (χ0n) is 11.6.